The predicted molar refractivity (Wildman–Crippen MR) is 127 cm³/mol. The van der Waals surface area contributed by atoms with Gasteiger partial charge in [-0.25, -0.2) is 5.90 Å². The van der Waals surface area contributed by atoms with Crippen LogP contribution in [0.3, 0.4) is 0 Å². The van der Waals surface area contributed by atoms with Crippen LogP contribution in [0.15, 0.2) is 59.5 Å². The van der Waals surface area contributed by atoms with Crippen molar-refractivity contribution in [3.63, 3.8) is 0 Å². The molecule has 0 fully saturated rings. The zero-order valence-electron chi connectivity index (χ0n) is 18.7. The molecule has 0 saturated carbocycles. The van der Waals surface area contributed by atoms with Crippen LogP contribution < -0.4 is 16.5 Å². The van der Waals surface area contributed by atoms with Crippen molar-refractivity contribution < 1.29 is 24.6 Å². The first-order chi connectivity index (χ1) is 16.4. The highest BCUT2D eigenvalue weighted by Crippen LogP contribution is 2.42. The summed E-state index contributed by atoms with van der Waals surface area (Å²) in [4.78, 5) is 38.1. The van der Waals surface area contributed by atoms with Crippen LogP contribution in [0.2, 0.25) is 0 Å². The van der Waals surface area contributed by atoms with Crippen LogP contribution >= 0.6 is 0 Å². The van der Waals surface area contributed by atoms with Gasteiger partial charge < -0.3 is 20.8 Å². The molecule has 3 rings (SSSR count). The maximum absolute atomic E-state index is 12.8. The summed E-state index contributed by atoms with van der Waals surface area (Å²) in [5.41, 5.74) is 1.79. The van der Waals surface area contributed by atoms with Gasteiger partial charge in [0.15, 0.2) is 12.1 Å². The van der Waals surface area contributed by atoms with Crippen molar-refractivity contribution in [3.05, 3.63) is 64.8 Å². The minimum absolute atomic E-state index is 0.0147. The minimum atomic E-state index is -0.964. The summed E-state index contributed by atoms with van der Waals surface area (Å²) in [5.74, 6) is 3.45. The van der Waals surface area contributed by atoms with E-state index < -0.39 is 18.1 Å². The molecule has 0 aromatic heterocycles. The van der Waals surface area contributed by atoms with E-state index >= 15 is 0 Å². The summed E-state index contributed by atoms with van der Waals surface area (Å²) in [6.45, 7) is 1.18. The number of anilines is 1. The third-order valence-corrected chi connectivity index (χ3v) is 5.88. The number of rotatable bonds is 13. The number of aliphatic hydroxyl groups is 2. The smallest absolute Gasteiger partial charge is 0.286 e. The van der Waals surface area contributed by atoms with Crippen molar-refractivity contribution >= 4 is 23.0 Å². The average Bonchev–Trinajstić information content (AvgIpc) is 2.86. The minimum Gasteiger partial charge on any atom is -0.511 e. The molecule has 1 unspecified atom stereocenters. The molecule has 182 valence electrons. The lowest BCUT2D eigenvalue weighted by Gasteiger charge is -2.33. The second-order valence-electron chi connectivity index (χ2n) is 8.25. The third kappa shape index (κ3) is 6.45. The van der Waals surface area contributed by atoms with E-state index in [0.717, 1.165) is 5.69 Å². The fourth-order valence-electron chi connectivity index (χ4n) is 4.00. The van der Waals surface area contributed by atoms with Gasteiger partial charge in [0.25, 0.3) is 5.91 Å². The number of nitrogens with two attached hydrogens (primary N) is 1. The lowest BCUT2D eigenvalue weighted by atomic mass is 9.71. The number of carbonyl (C=O) groups excluding carboxylic acids is 2. The normalized spacial score (nSPS) is 22.4. The van der Waals surface area contributed by atoms with Gasteiger partial charge in [-0.1, -0.05) is 36.4 Å². The van der Waals surface area contributed by atoms with Crippen molar-refractivity contribution in [1.82, 2.24) is 5.32 Å². The predicted octanol–water partition coefficient (Wildman–Crippen LogP) is 2.33. The number of hydrogen-bond donors (Lipinski definition) is 5. The molecule has 0 aliphatic heterocycles. The molecule has 0 radical (unpaired) electrons. The van der Waals surface area contributed by atoms with Gasteiger partial charge in [-0.05, 0) is 37.1 Å². The molecule has 0 bridgehead atoms. The van der Waals surface area contributed by atoms with Crippen LogP contribution in [0.4, 0.5) is 5.69 Å². The van der Waals surface area contributed by atoms with Crippen LogP contribution in [-0.4, -0.2) is 47.3 Å². The summed E-state index contributed by atoms with van der Waals surface area (Å²) in [5, 5.41) is 28.7. The molecule has 1 aromatic carbocycles. The molecule has 2 atom stereocenters. The van der Waals surface area contributed by atoms with Gasteiger partial charge in [0.2, 0.25) is 0 Å². The molecule has 1 aromatic rings. The highest BCUT2D eigenvalue weighted by atomic mass is 16.7. The van der Waals surface area contributed by atoms with Gasteiger partial charge in [-0.3, -0.25) is 14.4 Å². The average molecular weight is 471 g/mol. The highest BCUT2D eigenvalue weighted by molar-refractivity contribution is 6.29. The molecular formula is C24H30N4O6. The monoisotopic (exact) mass is 470 g/mol. The van der Waals surface area contributed by atoms with Crippen molar-refractivity contribution in [2.45, 2.75) is 38.0 Å². The van der Waals surface area contributed by atoms with Crippen molar-refractivity contribution in [3.8, 4) is 0 Å². The summed E-state index contributed by atoms with van der Waals surface area (Å²) in [6.07, 6.45) is 8.50. The fraction of sp³-hybridized carbons (Fsp3) is 0.417. The van der Waals surface area contributed by atoms with Crippen LogP contribution in [0, 0.1) is 16.7 Å². The van der Waals surface area contributed by atoms with Crippen LogP contribution in [0.1, 0.15) is 31.2 Å². The second-order valence-corrected chi connectivity index (χ2v) is 8.25. The fourth-order valence-corrected chi connectivity index (χ4v) is 4.00. The lowest BCUT2D eigenvalue weighted by Crippen LogP contribution is -2.37. The molecule has 0 heterocycles. The van der Waals surface area contributed by atoms with Gasteiger partial charge in [0.1, 0.15) is 5.76 Å². The van der Waals surface area contributed by atoms with Crippen LogP contribution in [-0.2, 0) is 14.4 Å². The van der Waals surface area contributed by atoms with E-state index in [9.17, 15) is 24.7 Å². The molecule has 10 nitrogen and oxygen atoms in total. The molecule has 6 N–H and O–H groups in total. The molecule has 2 aliphatic carbocycles. The van der Waals surface area contributed by atoms with E-state index in [0.29, 0.717) is 43.5 Å². The number of allylic oxidation sites excluding steroid dienone is 4. The summed E-state index contributed by atoms with van der Waals surface area (Å²) in [6, 6.07) is 7.13. The Bertz CT molecular complexity index is 958. The van der Waals surface area contributed by atoms with Gasteiger partial charge in [0, 0.05) is 42.2 Å². The first-order valence-corrected chi connectivity index (χ1v) is 11.3. The summed E-state index contributed by atoms with van der Waals surface area (Å²) >= 11 is 0. The van der Waals surface area contributed by atoms with Gasteiger partial charge in [0.05, 0.1) is 11.5 Å². The number of Topliss-reactive ketones (excluding diaryl/α,β-unsaturated/α-hetero) is 1. The largest absolute Gasteiger partial charge is 0.511 e. The van der Waals surface area contributed by atoms with Crippen molar-refractivity contribution in [2.75, 3.05) is 18.4 Å². The van der Waals surface area contributed by atoms with Crippen LogP contribution in [0.5, 0.6) is 0 Å². The van der Waals surface area contributed by atoms with Crippen LogP contribution in [0.25, 0.3) is 5.57 Å². The number of hydrogen-bond acceptors (Lipinski definition) is 9. The second kappa shape index (κ2) is 12.3. The number of carbonyl (C=O) groups is 2. The van der Waals surface area contributed by atoms with E-state index in [1.54, 1.807) is 24.3 Å². The Morgan fingerprint density at radius 3 is 2.44 bits per heavy atom. The van der Waals surface area contributed by atoms with E-state index in [1.165, 1.54) is 0 Å². The number of ketones is 1. The Kier molecular flexibility index (Phi) is 9.23. The number of benzene rings is 1. The van der Waals surface area contributed by atoms with Gasteiger partial charge >= 0.3 is 0 Å². The number of aliphatic hydroxyl groups excluding tert-OH is 2. The maximum atomic E-state index is 12.8. The topological polar surface area (TPSA) is 163 Å². The molecule has 10 heteroatoms. The number of nitrogens with one attached hydrogen (secondary N) is 2. The van der Waals surface area contributed by atoms with Gasteiger partial charge in [-0.15, -0.1) is 4.91 Å². The van der Waals surface area contributed by atoms with Crippen molar-refractivity contribution in [1.29, 1.82) is 0 Å². The zero-order valence-corrected chi connectivity index (χ0v) is 18.7. The molecular weight excluding hydrogens is 440 g/mol. The molecule has 0 spiro atoms. The Balaban J connectivity index is 1.49. The zero-order chi connectivity index (χ0) is 24.5. The Morgan fingerprint density at radius 2 is 1.82 bits per heavy atom. The number of amides is 1. The standard InChI is InChI=1S/C24H30N4O6/c25-34-20(30)4-2-14-27-18-11-7-16(8-12-18)22-23(31)21(24(22)32)15-5-9-17(10-6-15)26-13-1-3-19(29)28-33/h5-12,16,18,20,22,26-27,30-31H,1-4,13-14,25H2/t16?,18?,20-,22?/m1/s1. The van der Waals surface area contributed by atoms with E-state index in [1.807, 2.05) is 24.3 Å². The Labute approximate surface area is 197 Å². The Hall–Kier alpha value is -3.18. The summed E-state index contributed by atoms with van der Waals surface area (Å²) in [7, 11) is 0. The SMILES string of the molecule is NO[C@@H](O)CCCNC1C=CC(C2C(=O)C(c3ccc(NCCCC(=O)N=O)cc3)=C2O)C=C1. The molecule has 34 heavy (non-hydrogen) atoms. The maximum Gasteiger partial charge on any atom is 0.286 e. The number of nitrogens with zero attached hydrogens (tertiary/aromatic N) is 1. The van der Waals surface area contributed by atoms with E-state index in [4.69, 9.17) is 5.90 Å². The highest BCUT2D eigenvalue weighted by Gasteiger charge is 2.43. The lowest BCUT2D eigenvalue weighted by molar-refractivity contribution is -0.120. The summed E-state index contributed by atoms with van der Waals surface area (Å²) < 4.78 is 0. The third-order valence-electron chi connectivity index (χ3n) is 5.88. The first-order valence-electron chi connectivity index (χ1n) is 11.3. The Morgan fingerprint density at radius 1 is 1.12 bits per heavy atom. The molecule has 0 saturated heterocycles. The first kappa shape index (κ1) is 25.4. The van der Waals surface area contributed by atoms with Crippen molar-refractivity contribution in [2.24, 2.45) is 22.9 Å². The quantitative estimate of drug-likeness (QED) is 0.0957. The van der Waals surface area contributed by atoms with E-state index in [-0.39, 0.29) is 29.9 Å². The van der Waals surface area contributed by atoms with Gasteiger partial charge in [-0.2, -0.15) is 0 Å². The molecule has 1 amide bonds. The van der Waals surface area contributed by atoms with E-state index in [2.05, 4.69) is 20.6 Å². The number of nitroso groups, excluding NO2 is 1. The molecule has 2 aliphatic rings.